The molecule has 0 aliphatic carbocycles. The molecule has 0 saturated heterocycles. The fraction of sp³-hybridized carbons (Fsp3) is 0.600. The molecule has 21 heavy (non-hydrogen) atoms. The van der Waals surface area contributed by atoms with Gasteiger partial charge in [0.05, 0.1) is 19.0 Å². The summed E-state index contributed by atoms with van der Waals surface area (Å²) in [7, 11) is -2.94. The number of nitrogens with one attached hydrogen (secondary N) is 1. The maximum absolute atomic E-state index is 11.1. The average Bonchev–Trinajstić information content (AvgIpc) is 2.42. The number of benzene rings is 1. The number of hydrogen-bond acceptors (Lipinski definition) is 5. The summed E-state index contributed by atoms with van der Waals surface area (Å²) in [6, 6.07) is 5.81. The standard InChI is InChI=1S/C15H25NO4S/c1-4-16-12-13-7-8-14(15(11-13)19-5-2)20-9-6-10-21(3,17)18/h7-8,11,16H,4-6,9-10,12H2,1-3H3. The maximum atomic E-state index is 11.1. The van der Waals surface area contributed by atoms with Crippen LogP contribution in [0.15, 0.2) is 18.2 Å². The highest BCUT2D eigenvalue weighted by Gasteiger charge is 2.08. The van der Waals surface area contributed by atoms with Gasteiger partial charge in [0.15, 0.2) is 11.5 Å². The molecular formula is C15H25NO4S. The molecule has 0 atom stereocenters. The molecule has 0 heterocycles. The van der Waals surface area contributed by atoms with E-state index >= 15 is 0 Å². The molecule has 0 aliphatic rings. The Bertz CT molecular complexity index is 528. The van der Waals surface area contributed by atoms with Gasteiger partial charge in [0.25, 0.3) is 0 Å². The first-order chi connectivity index (χ1) is 9.96. The normalized spacial score (nSPS) is 11.4. The number of ether oxygens (including phenoxy) is 2. The van der Waals surface area contributed by atoms with E-state index in [4.69, 9.17) is 9.47 Å². The van der Waals surface area contributed by atoms with E-state index in [0.717, 1.165) is 18.7 Å². The molecule has 0 fully saturated rings. The Morgan fingerprint density at radius 3 is 2.52 bits per heavy atom. The van der Waals surface area contributed by atoms with E-state index in [2.05, 4.69) is 12.2 Å². The van der Waals surface area contributed by atoms with Gasteiger partial charge in [-0.3, -0.25) is 0 Å². The van der Waals surface area contributed by atoms with Gasteiger partial charge in [-0.25, -0.2) is 8.42 Å². The Morgan fingerprint density at radius 1 is 1.14 bits per heavy atom. The highest BCUT2D eigenvalue weighted by molar-refractivity contribution is 7.90. The first kappa shape index (κ1) is 17.8. The summed E-state index contributed by atoms with van der Waals surface area (Å²) in [6.45, 7) is 6.59. The van der Waals surface area contributed by atoms with E-state index in [0.29, 0.717) is 31.1 Å². The first-order valence-corrected chi connectivity index (χ1v) is 9.29. The van der Waals surface area contributed by atoms with Gasteiger partial charge in [0.1, 0.15) is 9.84 Å². The third kappa shape index (κ3) is 7.34. The van der Waals surface area contributed by atoms with Crippen LogP contribution in [0.4, 0.5) is 0 Å². The van der Waals surface area contributed by atoms with Gasteiger partial charge >= 0.3 is 0 Å². The Labute approximate surface area is 127 Å². The van der Waals surface area contributed by atoms with Gasteiger partial charge in [-0.1, -0.05) is 13.0 Å². The zero-order chi connectivity index (χ0) is 15.7. The lowest BCUT2D eigenvalue weighted by molar-refractivity contribution is 0.277. The average molecular weight is 315 g/mol. The van der Waals surface area contributed by atoms with E-state index in [-0.39, 0.29) is 5.75 Å². The molecule has 6 heteroatoms. The SMILES string of the molecule is CCNCc1ccc(OCCCS(C)(=O)=O)c(OCC)c1. The van der Waals surface area contributed by atoms with Crippen LogP contribution in [0.3, 0.4) is 0 Å². The van der Waals surface area contributed by atoms with Crippen molar-refractivity contribution in [3.8, 4) is 11.5 Å². The molecule has 0 aliphatic heterocycles. The maximum Gasteiger partial charge on any atom is 0.161 e. The Kier molecular flexibility index (Phi) is 7.53. The highest BCUT2D eigenvalue weighted by atomic mass is 32.2. The number of sulfone groups is 1. The second-order valence-electron chi connectivity index (χ2n) is 4.83. The fourth-order valence-electron chi connectivity index (χ4n) is 1.82. The van der Waals surface area contributed by atoms with Gasteiger partial charge in [-0.05, 0) is 37.6 Å². The van der Waals surface area contributed by atoms with E-state index in [1.165, 1.54) is 6.26 Å². The van der Waals surface area contributed by atoms with Gasteiger partial charge in [0.2, 0.25) is 0 Å². The van der Waals surface area contributed by atoms with Crippen LogP contribution >= 0.6 is 0 Å². The molecular weight excluding hydrogens is 290 g/mol. The lowest BCUT2D eigenvalue weighted by atomic mass is 10.2. The van der Waals surface area contributed by atoms with E-state index in [1.807, 2.05) is 25.1 Å². The third-order valence-electron chi connectivity index (χ3n) is 2.80. The van der Waals surface area contributed by atoms with Crippen molar-refractivity contribution in [2.75, 3.05) is 31.8 Å². The number of rotatable bonds is 10. The minimum Gasteiger partial charge on any atom is -0.490 e. The largest absolute Gasteiger partial charge is 0.490 e. The zero-order valence-corrected chi connectivity index (χ0v) is 13.8. The summed E-state index contributed by atoms with van der Waals surface area (Å²) < 4.78 is 33.4. The Balaban J connectivity index is 2.63. The van der Waals surface area contributed by atoms with Crippen LogP contribution in [-0.2, 0) is 16.4 Å². The lowest BCUT2D eigenvalue weighted by Crippen LogP contribution is -2.12. The molecule has 1 aromatic rings. The highest BCUT2D eigenvalue weighted by Crippen LogP contribution is 2.28. The monoisotopic (exact) mass is 315 g/mol. The Hall–Kier alpha value is -1.27. The summed E-state index contributed by atoms with van der Waals surface area (Å²) in [5.74, 6) is 1.49. The molecule has 0 bridgehead atoms. The molecule has 0 unspecified atom stereocenters. The molecule has 0 spiro atoms. The predicted octanol–water partition coefficient (Wildman–Crippen LogP) is 2.01. The fourth-order valence-corrected chi connectivity index (χ4v) is 2.46. The predicted molar refractivity (Wildman–Crippen MR) is 84.8 cm³/mol. The Morgan fingerprint density at radius 2 is 1.90 bits per heavy atom. The summed E-state index contributed by atoms with van der Waals surface area (Å²) in [6.07, 6.45) is 1.71. The van der Waals surface area contributed by atoms with Crippen LogP contribution in [0.5, 0.6) is 11.5 Å². The molecule has 5 nitrogen and oxygen atoms in total. The first-order valence-electron chi connectivity index (χ1n) is 7.23. The molecule has 0 amide bonds. The van der Waals surface area contributed by atoms with Crippen molar-refractivity contribution in [2.45, 2.75) is 26.8 Å². The molecule has 0 aromatic heterocycles. The van der Waals surface area contributed by atoms with E-state index in [9.17, 15) is 8.42 Å². The molecule has 0 saturated carbocycles. The van der Waals surface area contributed by atoms with Gasteiger partial charge < -0.3 is 14.8 Å². The van der Waals surface area contributed by atoms with Crippen LogP contribution < -0.4 is 14.8 Å². The van der Waals surface area contributed by atoms with Crippen LogP contribution in [0, 0.1) is 0 Å². The second kappa shape index (κ2) is 8.89. The van der Waals surface area contributed by atoms with Crippen LogP contribution in [-0.4, -0.2) is 40.2 Å². The van der Waals surface area contributed by atoms with Crippen molar-refractivity contribution in [1.29, 1.82) is 0 Å². The minimum absolute atomic E-state index is 0.134. The summed E-state index contributed by atoms with van der Waals surface area (Å²) in [5, 5.41) is 3.26. The molecule has 120 valence electrons. The smallest absolute Gasteiger partial charge is 0.161 e. The molecule has 1 rings (SSSR count). The van der Waals surface area contributed by atoms with Crippen molar-refractivity contribution in [2.24, 2.45) is 0 Å². The lowest BCUT2D eigenvalue weighted by Gasteiger charge is -2.13. The van der Waals surface area contributed by atoms with Crippen molar-refractivity contribution in [3.63, 3.8) is 0 Å². The topological polar surface area (TPSA) is 64.6 Å². The van der Waals surface area contributed by atoms with Gasteiger partial charge in [-0.15, -0.1) is 0 Å². The third-order valence-corrected chi connectivity index (χ3v) is 3.83. The molecule has 1 aromatic carbocycles. The summed E-state index contributed by atoms with van der Waals surface area (Å²) >= 11 is 0. The van der Waals surface area contributed by atoms with Gasteiger partial charge in [0, 0.05) is 12.8 Å². The quantitative estimate of drug-likeness (QED) is 0.669. The molecule has 0 radical (unpaired) electrons. The van der Waals surface area contributed by atoms with Crippen molar-refractivity contribution in [3.05, 3.63) is 23.8 Å². The number of hydrogen-bond donors (Lipinski definition) is 1. The van der Waals surface area contributed by atoms with Gasteiger partial charge in [-0.2, -0.15) is 0 Å². The molecule has 1 N–H and O–H groups in total. The zero-order valence-electron chi connectivity index (χ0n) is 13.0. The summed E-state index contributed by atoms with van der Waals surface area (Å²) in [4.78, 5) is 0. The van der Waals surface area contributed by atoms with Crippen molar-refractivity contribution >= 4 is 9.84 Å². The van der Waals surface area contributed by atoms with E-state index < -0.39 is 9.84 Å². The van der Waals surface area contributed by atoms with Crippen molar-refractivity contribution in [1.82, 2.24) is 5.32 Å². The minimum atomic E-state index is -2.94. The van der Waals surface area contributed by atoms with Crippen LogP contribution in [0.25, 0.3) is 0 Å². The van der Waals surface area contributed by atoms with Crippen LogP contribution in [0.1, 0.15) is 25.8 Å². The summed E-state index contributed by atoms with van der Waals surface area (Å²) in [5.41, 5.74) is 1.13. The van der Waals surface area contributed by atoms with Crippen LogP contribution in [0.2, 0.25) is 0 Å². The van der Waals surface area contributed by atoms with E-state index in [1.54, 1.807) is 0 Å². The second-order valence-corrected chi connectivity index (χ2v) is 7.09. The van der Waals surface area contributed by atoms with Crippen molar-refractivity contribution < 1.29 is 17.9 Å².